The summed E-state index contributed by atoms with van der Waals surface area (Å²) in [6.07, 6.45) is 0.849. The van der Waals surface area contributed by atoms with Crippen molar-refractivity contribution in [3.05, 3.63) is 18.6 Å². The van der Waals surface area contributed by atoms with Crippen LogP contribution in [0.15, 0.2) is 18.6 Å². The number of anilines is 1. The molecule has 3 rings (SSSR count). The first-order valence-electron chi connectivity index (χ1n) is 6.61. The maximum atomic E-state index is 10.5. The van der Waals surface area contributed by atoms with Crippen LogP contribution in [0.2, 0.25) is 0 Å². The van der Waals surface area contributed by atoms with Gasteiger partial charge in [-0.3, -0.25) is 0 Å². The fourth-order valence-electron chi connectivity index (χ4n) is 2.81. The lowest BCUT2D eigenvalue weighted by Crippen LogP contribution is -2.47. The molecule has 0 amide bonds. The van der Waals surface area contributed by atoms with Crippen LogP contribution in [0.3, 0.4) is 0 Å². The predicted octanol–water partition coefficient (Wildman–Crippen LogP) is 0.846. The molecule has 2 aromatic heterocycles. The Balaban J connectivity index is 2.06. The van der Waals surface area contributed by atoms with E-state index in [1.807, 2.05) is 6.92 Å². The lowest BCUT2D eigenvalue weighted by Gasteiger charge is -2.27. The predicted molar refractivity (Wildman–Crippen MR) is 86.0 cm³/mol. The lowest BCUT2D eigenvalue weighted by molar-refractivity contribution is -0.0608. The van der Waals surface area contributed by atoms with Gasteiger partial charge >= 0.3 is 0 Å². The van der Waals surface area contributed by atoms with Crippen molar-refractivity contribution in [3.8, 4) is 0 Å². The van der Waals surface area contributed by atoms with E-state index < -0.39 is 24.0 Å². The van der Waals surface area contributed by atoms with Crippen molar-refractivity contribution < 1.29 is 14.9 Å². The van der Waals surface area contributed by atoms with Gasteiger partial charge in [0.25, 0.3) is 0 Å². The number of hydrogen-bond acceptors (Lipinski definition) is 6. The summed E-state index contributed by atoms with van der Waals surface area (Å²) in [6.45, 7) is 3.52. The van der Waals surface area contributed by atoms with E-state index in [0.29, 0.717) is 16.9 Å². The Hall–Kier alpha value is -0.970. The maximum Gasteiger partial charge on any atom is 0.164 e. The van der Waals surface area contributed by atoms with Crippen molar-refractivity contribution in [1.82, 2.24) is 14.5 Å². The SMILES string of the molecule is CC(I)[C@H]1O[C@@H](n2ccc3c(N)ncnc32)[C@H](O)[C@]1(C)O. The third kappa shape index (κ3) is 2.20. The van der Waals surface area contributed by atoms with Gasteiger partial charge in [0.2, 0.25) is 0 Å². The molecule has 5 atom stereocenters. The second-order valence-electron chi connectivity index (χ2n) is 5.51. The molecule has 2 aromatic rings. The Bertz CT molecular complexity index is 672. The van der Waals surface area contributed by atoms with Crippen molar-refractivity contribution in [3.63, 3.8) is 0 Å². The van der Waals surface area contributed by atoms with E-state index in [9.17, 15) is 10.2 Å². The number of alkyl halides is 1. The Morgan fingerprint density at radius 2 is 2.24 bits per heavy atom. The first-order chi connectivity index (χ1) is 9.84. The average molecular weight is 404 g/mol. The van der Waals surface area contributed by atoms with Gasteiger partial charge in [0.1, 0.15) is 35.6 Å². The molecule has 3 heterocycles. The molecule has 1 aliphatic heterocycles. The molecular formula is C13H17IN4O3. The molecule has 21 heavy (non-hydrogen) atoms. The standard InChI is InChI=1S/C13H17IN4O3/c1-6(14)9-13(2,20)8(19)12(21-9)18-4-3-7-10(15)16-5-17-11(7)18/h3-6,8-9,12,19-20H,1-2H3,(H2,15,16,17)/t6?,8-,9+,12+,13-/m0/s1. The second kappa shape index (κ2) is 5.04. The minimum atomic E-state index is -1.33. The molecule has 1 aliphatic rings. The Morgan fingerprint density at radius 3 is 2.86 bits per heavy atom. The maximum absolute atomic E-state index is 10.5. The van der Waals surface area contributed by atoms with Crippen molar-refractivity contribution >= 4 is 39.4 Å². The average Bonchev–Trinajstić information content (AvgIpc) is 2.92. The third-order valence-electron chi connectivity index (χ3n) is 3.96. The van der Waals surface area contributed by atoms with Gasteiger partial charge in [-0.2, -0.15) is 0 Å². The highest BCUT2D eigenvalue weighted by molar-refractivity contribution is 14.1. The number of aromatic nitrogens is 3. The smallest absolute Gasteiger partial charge is 0.164 e. The van der Waals surface area contributed by atoms with E-state index in [0.717, 1.165) is 0 Å². The summed E-state index contributed by atoms with van der Waals surface area (Å²) in [5.74, 6) is 0.372. The fraction of sp³-hybridized carbons (Fsp3) is 0.538. The molecule has 1 unspecified atom stereocenters. The summed E-state index contributed by atoms with van der Waals surface area (Å²) in [4.78, 5) is 8.13. The minimum absolute atomic E-state index is 0.0405. The van der Waals surface area contributed by atoms with Gasteiger partial charge in [-0.25, -0.2) is 9.97 Å². The van der Waals surface area contributed by atoms with Crippen LogP contribution in [-0.2, 0) is 4.74 Å². The normalized spacial score (nSPS) is 34.4. The van der Waals surface area contributed by atoms with Gasteiger partial charge in [0, 0.05) is 10.1 Å². The van der Waals surface area contributed by atoms with Crippen molar-refractivity contribution in [1.29, 1.82) is 0 Å². The molecule has 8 heteroatoms. The van der Waals surface area contributed by atoms with Crippen LogP contribution in [0.4, 0.5) is 5.82 Å². The van der Waals surface area contributed by atoms with Gasteiger partial charge in [-0.1, -0.05) is 29.5 Å². The number of ether oxygens (including phenoxy) is 1. The number of aliphatic hydroxyl groups excluding tert-OH is 1. The van der Waals surface area contributed by atoms with Crippen LogP contribution >= 0.6 is 22.6 Å². The molecule has 0 bridgehead atoms. The number of nitrogens with two attached hydrogens (primary N) is 1. The molecule has 114 valence electrons. The van der Waals surface area contributed by atoms with Crippen LogP contribution in [-0.4, -0.2) is 46.5 Å². The Morgan fingerprint density at radius 1 is 1.52 bits per heavy atom. The van der Waals surface area contributed by atoms with E-state index in [1.165, 1.54) is 6.33 Å². The number of aliphatic hydroxyl groups is 2. The summed E-state index contributed by atoms with van der Waals surface area (Å²) in [7, 11) is 0. The molecule has 0 saturated carbocycles. The van der Waals surface area contributed by atoms with Gasteiger partial charge in [0.05, 0.1) is 5.39 Å². The van der Waals surface area contributed by atoms with Crippen molar-refractivity contribution in [2.45, 2.75) is 41.8 Å². The summed E-state index contributed by atoms with van der Waals surface area (Å²) >= 11 is 2.18. The molecule has 0 aromatic carbocycles. The number of nitrogens with zero attached hydrogens (tertiary/aromatic N) is 3. The third-order valence-corrected chi connectivity index (χ3v) is 4.62. The zero-order valence-electron chi connectivity index (χ0n) is 11.6. The molecule has 4 N–H and O–H groups in total. The van der Waals surface area contributed by atoms with E-state index in [4.69, 9.17) is 10.5 Å². The fourth-order valence-corrected chi connectivity index (χ4v) is 3.70. The largest absolute Gasteiger partial charge is 0.385 e. The Kier molecular flexibility index (Phi) is 3.59. The second-order valence-corrected chi connectivity index (χ2v) is 7.48. The molecule has 0 spiro atoms. The van der Waals surface area contributed by atoms with E-state index in [2.05, 4.69) is 32.6 Å². The molecule has 0 aliphatic carbocycles. The number of rotatable bonds is 2. The number of hydrogen-bond donors (Lipinski definition) is 3. The Labute approximate surface area is 135 Å². The highest BCUT2D eigenvalue weighted by atomic mass is 127. The topological polar surface area (TPSA) is 106 Å². The number of fused-ring (bicyclic) bond motifs is 1. The van der Waals surface area contributed by atoms with E-state index >= 15 is 0 Å². The van der Waals surface area contributed by atoms with E-state index in [-0.39, 0.29) is 3.92 Å². The summed E-state index contributed by atoms with van der Waals surface area (Å²) in [5.41, 5.74) is 5.05. The van der Waals surface area contributed by atoms with Crippen LogP contribution in [0, 0.1) is 0 Å². The lowest BCUT2D eigenvalue weighted by atomic mass is 9.93. The first-order valence-corrected chi connectivity index (χ1v) is 7.85. The molecule has 7 nitrogen and oxygen atoms in total. The highest BCUT2D eigenvalue weighted by Gasteiger charge is 2.54. The summed E-state index contributed by atoms with van der Waals surface area (Å²) in [5, 5.41) is 21.7. The van der Waals surface area contributed by atoms with Crippen LogP contribution in [0.1, 0.15) is 20.1 Å². The van der Waals surface area contributed by atoms with Gasteiger partial charge in [0.15, 0.2) is 6.23 Å². The molecule has 1 saturated heterocycles. The summed E-state index contributed by atoms with van der Waals surface area (Å²) in [6, 6.07) is 1.77. The molecule has 0 radical (unpaired) electrons. The monoisotopic (exact) mass is 404 g/mol. The number of nitrogen functional groups attached to an aromatic ring is 1. The van der Waals surface area contributed by atoms with Gasteiger partial charge < -0.3 is 25.3 Å². The van der Waals surface area contributed by atoms with Gasteiger partial charge in [-0.05, 0) is 13.0 Å². The van der Waals surface area contributed by atoms with Crippen LogP contribution < -0.4 is 5.73 Å². The van der Waals surface area contributed by atoms with Crippen molar-refractivity contribution in [2.75, 3.05) is 5.73 Å². The molecular weight excluding hydrogens is 387 g/mol. The van der Waals surface area contributed by atoms with Crippen molar-refractivity contribution in [2.24, 2.45) is 0 Å². The zero-order valence-corrected chi connectivity index (χ0v) is 13.8. The van der Waals surface area contributed by atoms with E-state index in [1.54, 1.807) is 23.8 Å². The van der Waals surface area contributed by atoms with Gasteiger partial charge in [-0.15, -0.1) is 0 Å². The number of halogens is 1. The first kappa shape index (κ1) is 14.9. The highest BCUT2D eigenvalue weighted by Crippen LogP contribution is 2.41. The minimum Gasteiger partial charge on any atom is -0.385 e. The molecule has 1 fully saturated rings. The quantitative estimate of drug-likeness (QED) is 0.506. The zero-order chi connectivity index (χ0) is 15.4. The van der Waals surface area contributed by atoms with Crippen LogP contribution in [0.25, 0.3) is 11.0 Å². The summed E-state index contributed by atoms with van der Waals surface area (Å²) < 4.78 is 7.62. The van der Waals surface area contributed by atoms with Crippen LogP contribution in [0.5, 0.6) is 0 Å².